The predicted molar refractivity (Wildman–Crippen MR) is 99.3 cm³/mol. The lowest BCUT2D eigenvalue weighted by Crippen LogP contribution is -2.46. The third-order valence-corrected chi connectivity index (χ3v) is 5.50. The number of nitrogens with zero attached hydrogens (tertiary/aromatic N) is 1. The van der Waals surface area contributed by atoms with Gasteiger partial charge in [0.25, 0.3) is 0 Å². The number of rotatable bonds is 4. The summed E-state index contributed by atoms with van der Waals surface area (Å²) < 4.78 is 6.64. The van der Waals surface area contributed by atoms with E-state index in [1.807, 2.05) is 30.3 Å². The molecule has 1 saturated carbocycles. The Morgan fingerprint density at radius 1 is 1.15 bits per heavy atom. The van der Waals surface area contributed by atoms with Gasteiger partial charge in [-0.2, -0.15) is 0 Å². The summed E-state index contributed by atoms with van der Waals surface area (Å²) >= 11 is 0. The van der Waals surface area contributed by atoms with Crippen molar-refractivity contribution in [2.45, 2.75) is 50.7 Å². The molecule has 0 amide bonds. The molecule has 2 fully saturated rings. The number of carboxylic acid groups (broad SMARTS) is 1. The van der Waals surface area contributed by atoms with Crippen LogP contribution >= 0.6 is 0 Å². The summed E-state index contributed by atoms with van der Waals surface area (Å²) in [6.45, 7) is 2.80. The average molecular weight is 377 g/mol. The number of carboxylic acids is 1. The fourth-order valence-electron chi connectivity index (χ4n) is 4.12. The Bertz CT molecular complexity index is 635. The van der Waals surface area contributed by atoms with E-state index in [1.54, 1.807) is 0 Å². The van der Waals surface area contributed by atoms with E-state index in [1.165, 1.54) is 0 Å². The number of likely N-dealkylation sites (N-methyl/N-ethyl adjacent to an activating group) is 1. The van der Waals surface area contributed by atoms with Gasteiger partial charge in [-0.25, -0.2) is 4.79 Å². The minimum Gasteiger partial charge on any atom is -0.550 e. The van der Waals surface area contributed by atoms with Gasteiger partial charge in [-0.15, -0.1) is 0 Å². The zero-order valence-corrected chi connectivity index (χ0v) is 16.5. The van der Waals surface area contributed by atoms with Gasteiger partial charge in [0.15, 0.2) is 11.7 Å². The largest absolute Gasteiger partial charge is 0.550 e. The Labute approximate surface area is 161 Å². The van der Waals surface area contributed by atoms with Crippen LogP contribution < -0.4 is 5.11 Å². The van der Waals surface area contributed by atoms with Gasteiger partial charge in [0.2, 0.25) is 0 Å². The Kier molecular flexibility index (Phi) is 7.00. The molecule has 1 aromatic carbocycles. The van der Waals surface area contributed by atoms with Crippen molar-refractivity contribution in [1.82, 2.24) is 0 Å². The molecule has 150 valence electrons. The van der Waals surface area contributed by atoms with Crippen LogP contribution in [-0.2, 0) is 19.9 Å². The zero-order chi connectivity index (χ0) is 20.1. The summed E-state index contributed by atoms with van der Waals surface area (Å²) in [7, 11) is 4.29. The first-order valence-corrected chi connectivity index (χ1v) is 9.64. The highest BCUT2D eigenvalue weighted by molar-refractivity contribution is 5.81. The predicted octanol–water partition coefficient (Wildman–Crippen LogP) is 1.21. The van der Waals surface area contributed by atoms with Crippen LogP contribution in [0.2, 0.25) is 0 Å². The minimum atomic E-state index is -1.50. The molecule has 0 aromatic heterocycles. The first kappa shape index (κ1) is 21.4. The van der Waals surface area contributed by atoms with Crippen molar-refractivity contribution in [3.63, 3.8) is 0 Å². The molecule has 1 aliphatic heterocycles. The Morgan fingerprint density at radius 3 is 2.19 bits per heavy atom. The minimum absolute atomic E-state index is 0.0405. The van der Waals surface area contributed by atoms with E-state index < -0.39 is 17.5 Å². The van der Waals surface area contributed by atoms with Crippen molar-refractivity contribution in [2.24, 2.45) is 5.92 Å². The number of aliphatic carboxylic acids is 1. The van der Waals surface area contributed by atoms with Crippen LogP contribution in [0.5, 0.6) is 0 Å². The van der Waals surface area contributed by atoms with Crippen LogP contribution in [-0.4, -0.2) is 54.8 Å². The lowest BCUT2D eigenvalue weighted by Gasteiger charge is -2.33. The standard InChI is InChI=1S/C19H28NO3.C2H4O2/c1-20(2)13-12-17(14-20)23-18(21)19(22,16-10-6-7-11-16)15-8-4-3-5-9-15;1-2(3)4/h3-5,8-9,16-17,22H,6-7,10-14H2,1-2H3;1H3,(H,3,4)/q+1;/p-1. The van der Waals surface area contributed by atoms with Gasteiger partial charge < -0.3 is 24.2 Å². The molecule has 1 heterocycles. The second kappa shape index (κ2) is 8.85. The number of aliphatic hydroxyl groups is 1. The Balaban J connectivity index is 0.000000596. The normalized spacial score (nSPS) is 23.8. The van der Waals surface area contributed by atoms with Crippen molar-refractivity contribution < 1.29 is 29.0 Å². The highest BCUT2D eigenvalue weighted by atomic mass is 16.6. The number of likely N-dealkylation sites (tertiary alicyclic amines) is 1. The number of ether oxygens (including phenoxy) is 1. The van der Waals surface area contributed by atoms with E-state index in [4.69, 9.17) is 14.6 Å². The smallest absolute Gasteiger partial charge is 0.343 e. The van der Waals surface area contributed by atoms with Crippen LogP contribution in [0.1, 0.15) is 44.6 Å². The molecule has 27 heavy (non-hydrogen) atoms. The van der Waals surface area contributed by atoms with Crippen LogP contribution in [0.15, 0.2) is 30.3 Å². The summed E-state index contributed by atoms with van der Waals surface area (Å²) in [4.78, 5) is 21.8. The Morgan fingerprint density at radius 2 is 1.70 bits per heavy atom. The van der Waals surface area contributed by atoms with Crippen molar-refractivity contribution >= 4 is 11.9 Å². The molecule has 0 spiro atoms. The molecule has 1 aliphatic carbocycles. The van der Waals surface area contributed by atoms with Gasteiger partial charge >= 0.3 is 5.97 Å². The number of carbonyl (C=O) groups excluding carboxylic acids is 2. The topological polar surface area (TPSA) is 86.7 Å². The van der Waals surface area contributed by atoms with Crippen LogP contribution in [0, 0.1) is 5.92 Å². The molecule has 0 radical (unpaired) electrons. The van der Waals surface area contributed by atoms with Crippen LogP contribution in [0.3, 0.4) is 0 Å². The quantitative estimate of drug-likeness (QED) is 0.630. The van der Waals surface area contributed by atoms with Crippen molar-refractivity contribution in [3.8, 4) is 0 Å². The number of carbonyl (C=O) groups is 2. The van der Waals surface area contributed by atoms with Crippen molar-refractivity contribution in [3.05, 3.63) is 35.9 Å². The number of hydrogen-bond acceptors (Lipinski definition) is 5. The highest BCUT2D eigenvalue weighted by Gasteiger charge is 2.49. The monoisotopic (exact) mass is 377 g/mol. The molecular weight excluding hydrogens is 346 g/mol. The molecule has 3 rings (SSSR count). The van der Waals surface area contributed by atoms with Gasteiger partial charge in [-0.05, 0) is 25.3 Å². The van der Waals surface area contributed by atoms with E-state index in [0.717, 1.165) is 56.6 Å². The van der Waals surface area contributed by atoms with E-state index in [9.17, 15) is 9.90 Å². The van der Waals surface area contributed by atoms with Gasteiger partial charge in [0.05, 0.1) is 20.6 Å². The SMILES string of the molecule is CC(=O)[O-].C[N+]1(C)CCC(OC(=O)C(O)(c2ccccc2)C2CCCC2)C1. The summed E-state index contributed by atoms with van der Waals surface area (Å²) in [6.07, 6.45) is 4.68. The maximum absolute atomic E-state index is 12.9. The summed E-state index contributed by atoms with van der Waals surface area (Å²) in [5.41, 5.74) is -0.832. The van der Waals surface area contributed by atoms with E-state index in [0.29, 0.717) is 5.56 Å². The second-order valence-electron chi connectivity index (χ2n) is 8.26. The molecule has 6 nitrogen and oxygen atoms in total. The molecule has 6 heteroatoms. The highest BCUT2D eigenvalue weighted by Crippen LogP contribution is 2.42. The van der Waals surface area contributed by atoms with Crippen LogP contribution in [0.4, 0.5) is 0 Å². The Hall–Kier alpha value is -1.92. The van der Waals surface area contributed by atoms with E-state index >= 15 is 0 Å². The molecule has 0 bridgehead atoms. The number of quaternary nitrogens is 1. The summed E-state index contributed by atoms with van der Waals surface area (Å²) in [6, 6.07) is 9.33. The van der Waals surface area contributed by atoms with Gasteiger partial charge in [0, 0.05) is 18.3 Å². The fraction of sp³-hybridized carbons (Fsp3) is 0.619. The van der Waals surface area contributed by atoms with Crippen molar-refractivity contribution in [2.75, 3.05) is 27.2 Å². The first-order chi connectivity index (χ1) is 12.6. The van der Waals surface area contributed by atoms with Crippen molar-refractivity contribution in [1.29, 1.82) is 0 Å². The molecule has 1 N–H and O–H groups in total. The third kappa shape index (κ3) is 5.53. The number of benzene rings is 1. The lowest BCUT2D eigenvalue weighted by molar-refractivity contribution is -0.879. The maximum Gasteiger partial charge on any atom is 0.343 e. The second-order valence-corrected chi connectivity index (χ2v) is 8.26. The number of esters is 1. The zero-order valence-electron chi connectivity index (χ0n) is 16.5. The molecule has 2 unspecified atom stereocenters. The third-order valence-electron chi connectivity index (χ3n) is 5.50. The van der Waals surface area contributed by atoms with E-state index in [-0.39, 0.29) is 12.0 Å². The maximum atomic E-state index is 12.9. The van der Waals surface area contributed by atoms with Gasteiger partial charge in [-0.3, -0.25) is 0 Å². The van der Waals surface area contributed by atoms with Crippen LogP contribution in [0.25, 0.3) is 0 Å². The molecular formula is C21H31NO5. The fourth-order valence-corrected chi connectivity index (χ4v) is 4.12. The van der Waals surface area contributed by atoms with Gasteiger partial charge in [-0.1, -0.05) is 43.2 Å². The van der Waals surface area contributed by atoms with Gasteiger partial charge in [0.1, 0.15) is 6.54 Å². The molecule has 1 saturated heterocycles. The molecule has 2 atom stereocenters. The lowest BCUT2D eigenvalue weighted by atomic mass is 9.80. The molecule has 2 aliphatic rings. The first-order valence-electron chi connectivity index (χ1n) is 9.64. The molecule has 1 aromatic rings. The number of hydrogen-bond donors (Lipinski definition) is 1. The van der Waals surface area contributed by atoms with E-state index in [2.05, 4.69) is 14.1 Å². The summed E-state index contributed by atoms with van der Waals surface area (Å²) in [5.74, 6) is -1.58. The summed E-state index contributed by atoms with van der Waals surface area (Å²) in [5, 5.41) is 20.3. The average Bonchev–Trinajstić information content (AvgIpc) is 3.24.